The number of halogens is 3. The maximum absolute atomic E-state index is 6.77. The van der Waals surface area contributed by atoms with Crippen LogP contribution in [0.15, 0.2) is 91.0 Å². The zero-order valence-electron chi connectivity index (χ0n) is 18.4. The van der Waals surface area contributed by atoms with E-state index < -0.39 is 4.25 Å². The quantitative estimate of drug-likeness (QED) is 0.162. The minimum absolute atomic E-state index is 0.661. The third-order valence-electron chi connectivity index (χ3n) is 6.20. The second-order valence-corrected chi connectivity index (χ2v) is 20.0. The van der Waals surface area contributed by atoms with E-state index in [1.54, 1.807) is 0 Å². The molecule has 0 spiro atoms. The predicted octanol–water partition coefficient (Wildman–Crippen LogP) is 8.30. The fourth-order valence-electron chi connectivity index (χ4n) is 4.26. The Balaban J connectivity index is 2.11. The van der Waals surface area contributed by atoms with Crippen molar-refractivity contribution in [3.63, 3.8) is 0 Å². The Bertz CT molecular complexity index is 1130. The molecular formula is C28H26Cl2IP. The third kappa shape index (κ3) is 4.26. The van der Waals surface area contributed by atoms with Crippen LogP contribution >= 0.6 is 49.5 Å². The summed E-state index contributed by atoms with van der Waals surface area (Å²) in [5, 5.41) is 5.42. The van der Waals surface area contributed by atoms with Crippen molar-refractivity contribution in [1.82, 2.24) is 0 Å². The van der Waals surface area contributed by atoms with E-state index in [1.807, 2.05) is 12.1 Å². The van der Waals surface area contributed by atoms with Gasteiger partial charge in [0.2, 0.25) is 0 Å². The molecule has 4 rings (SSSR count). The van der Waals surface area contributed by atoms with Gasteiger partial charge in [0.05, 0.1) is 0 Å². The summed E-state index contributed by atoms with van der Waals surface area (Å²) < 4.78 is -2.96. The van der Waals surface area contributed by atoms with E-state index in [1.165, 1.54) is 32.6 Å². The van der Waals surface area contributed by atoms with Crippen LogP contribution in [0.1, 0.15) is 22.3 Å². The van der Waals surface area contributed by atoms with Gasteiger partial charge in [-0.15, -0.1) is 0 Å². The summed E-state index contributed by atoms with van der Waals surface area (Å²) >= 11 is 15.8. The molecule has 0 amide bonds. The number of aryl methyl sites for hydroxylation is 3. The molecule has 0 aliphatic heterocycles. The van der Waals surface area contributed by atoms with Gasteiger partial charge in [-0.3, -0.25) is 0 Å². The van der Waals surface area contributed by atoms with Gasteiger partial charge in [0, 0.05) is 0 Å². The number of rotatable bonds is 5. The Morgan fingerprint density at radius 2 is 0.969 bits per heavy atom. The van der Waals surface area contributed by atoms with E-state index in [4.69, 9.17) is 23.2 Å². The van der Waals surface area contributed by atoms with E-state index in [2.05, 4.69) is 122 Å². The zero-order valence-corrected chi connectivity index (χ0v) is 23.0. The molecule has 0 saturated heterocycles. The van der Waals surface area contributed by atoms with Crippen LogP contribution in [0.25, 0.3) is 0 Å². The van der Waals surface area contributed by atoms with Gasteiger partial charge in [0.25, 0.3) is 0 Å². The molecule has 0 bridgehead atoms. The van der Waals surface area contributed by atoms with E-state index >= 15 is 0 Å². The van der Waals surface area contributed by atoms with Gasteiger partial charge in [0.15, 0.2) is 0 Å². The average molecular weight is 591 g/mol. The molecule has 0 unspecified atom stereocenters. The molecular weight excluding hydrogens is 565 g/mol. The molecule has 4 aromatic rings. The molecule has 0 aliphatic carbocycles. The van der Waals surface area contributed by atoms with E-state index in [-0.39, 0.29) is 0 Å². The summed E-state index contributed by atoms with van der Waals surface area (Å²) in [6.07, 6.45) is 0.817. The zero-order chi connectivity index (χ0) is 23.0. The molecule has 0 radical (unpaired) electrons. The third-order valence-corrected chi connectivity index (χ3v) is 17.9. The SMILES string of the molecule is Cc1ccc(P(I)(Cc2ccc(Cl)cc2Cl)(c2ccc(C)cc2)c2ccc(C)cc2)cc1. The van der Waals surface area contributed by atoms with Gasteiger partial charge in [-0.25, -0.2) is 0 Å². The summed E-state index contributed by atoms with van der Waals surface area (Å²) in [4.78, 5) is 0. The summed E-state index contributed by atoms with van der Waals surface area (Å²) in [7, 11) is 0. The molecule has 4 heteroatoms. The summed E-state index contributed by atoms with van der Waals surface area (Å²) in [6.45, 7) is 6.42. The molecule has 0 aromatic heterocycles. The van der Waals surface area contributed by atoms with E-state index in [0.717, 1.165) is 16.7 Å². The van der Waals surface area contributed by atoms with Crippen LogP contribution in [0.4, 0.5) is 0 Å². The first kappa shape index (κ1) is 23.8. The molecule has 0 aliphatic rings. The van der Waals surface area contributed by atoms with Gasteiger partial charge in [-0.1, -0.05) is 0 Å². The first-order chi connectivity index (χ1) is 15.2. The van der Waals surface area contributed by atoms with Gasteiger partial charge in [-0.05, 0) is 0 Å². The number of benzene rings is 4. The van der Waals surface area contributed by atoms with Crippen molar-refractivity contribution < 1.29 is 0 Å². The fourth-order valence-corrected chi connectivity index (χ4v) is 13.5. The van der Waals surface area contributed by atoms with Gasteiger partial charge >= 0.3 is 216 Å². The predicted molar refractivity (Wildman–Crippen MR) is 154 cm³/mol. The Morgan fingerprint density at radius 1 is 0.594 bits per heavy atom. The van der Waals surface area contributed by atoms with Crippen molar-refractivity contribution >= 4 is 65.4 Å². The van der Waals surface area contributed by atoms with E-state index in [9.17, 15) is 0 Å². The molecule has 0 heterocycles. The second-order valence-electron chi connectivity index (χ2n) is 8.58. The van der Waals surface area contributed by atoms with Crippen LogP contribution in [-0.2, 0) is 6.16 Å². The molecule has 0 saturated carbocycles. The molecule has 164 valence electrons. The van der Waals surface area contributed by atoms with Crippen LogP contribution < -0.4 is 15.9 Å². The van der Waals surface area contributed by atoms with Crippen molar-refractivity contribution in [2.45, 2.75) is 26.9 Å². The number of hydrogen-bond donors (Lipinski definition) is 0. The Labute approximate surface area is 214 Å². The molecule has 0 atom stereocenters. The second kappa shape index (κ2) is 9.11. The topological polar surface area (TPSA) is 0 Å². The number of hydrogen-bond acceptors (Lipinski definition) is 0. The van der Waals surface area contributed by atoms with Crippen LogP contribution in [-0.4, -0.2) is 0 Å². The molecule has 0 fully saturated rings. The van der Waals surface area contributed by atoms with Crippen molar-refractivity contribution in [2.75, 3.05) is 0 Å². The van der Waals surface area contributed by atoms with Gasteiger partial charge in [-0.2, -0.15) is 0 Å². The van der Waals surface area contributed by atoms with Crippen LogP contribution in [0.3, 0.4) is 0 Å². The first-order valence-corrected chi connectivity index (χ1v) is 16.6. The molecule has 0 nitrogen and oxygen atoms in total. The summed E-state index contributed by atoms with van der Waals surface area (Å²) in [6, 6.07) is 33.1. The van der Waals surface area contributed by atoms with Crippen molar-refractivity contribution in [3.05, 3.63) is 123 Å². The minimum atomic E-state index is -2.96. The Hall–Kier alpha value is -1.38. The standard InChI is InChI=1S/C28H26Cl2IP/c1-20-4-12-25(13-5-20)32(31,26-14-6-21(2)7-15-26,27-16-8-22(3)9-17-27)19-23-10-11-24(29)18-28(23)30/h4-18H,19H2,1-3H3. The van der Waals surface area contributed by atoms with Gasteiger partial charge < -0.3 is 0 Å². The molecule has 32 heavy (non-hydrogen) atoms. The average Bonchev–Trinajstić information content (AvgIpc) is 2.77. The van der Waals surface area contributed by atoms with Crippen LogP contribution in [0, 0.1) is 20.8 Å². The van der Waals surface area contributed by atoms with Crippen molar-refractivity contribution in [2.24, 2.45) is 0 Å². The van der Waals surface area contributed by atoms with Gasteiger partial charge in [0.1, 0.15) is 0 Å². The van der Waals surface area contributed by atoms with E-state index in [0.29, 0.717) is 5.02 Å². The Morgan fingerprint density at radius 3 is 1.31 bits per heavy atom. The summed E-state index contributed by atoms with van der Waals surface area (Å²) in [5.41, 5.74) is 4.89. The monoisotopic (exact) mass is 590 g/mol. The molecule has 0 N–H and O–H groups in total. The van der Waals surface area contributed by atoms with Crippen molar-refractivity contribution in [1.29, 1.82) is 0 Å². The normalized spacial score (nSPS) is 12.9. The van der Waals surface area contributed by atoms with Crippen molar-refractivity contribution in [3.8, 4) is 0 Å². The maximum atomic E-state index is 6.77. The molecule has 4 aromatic carbocycles. The van der Waals surface area contributed by atoms with Crippen LogP contribution in [0.5, 0.6) is 0 Å². The van der Waals surface area contributed by atoms with Crippen LogP contribution in [0.2, 0.25) is 10.0 Å². The fraction of sp³-hybridized carbons (Fsp3) is 0.143. The first-order valence-electron chi connectivity index (χ1n) is 10.6. The summed E-state index contributed by atoms with van der Waals surface area (Å²) in [5.74, 6) is 0. The Kier molecular flexibility index (Phi) is 6.76.